The standard InChI is InChI=1S/C17H24N2O/c1-2-13-8-15-11-18-12-19(15)16(9-13)17(20)10-14-6-4-3-5-7-14/h8-9,11-12,14,17,20H,2-7,10H2,1H3. The van der Waals surface area contributed by atoms with Gasteiger partial charge in [-0.2, -0.15) is 0 Å². The van der Waals surface area contributed by atoms with Gasteiger partial charge in [0.25, 0.3) is 0 Å². The van der Waals surface area contributed by atoms with Gasteiger partial charge in [0, 0.05) is 0 Å². The van der Waals surface area contributed by atoms with Crippen LogP contribution < -0.4 is 0 Å². The molecule has 2 heterocycles. The molecule has 1 N–H and O–H groups in total. The molecule has 3 heteroatoms. The highest BCUT2D eigenvalue weighted by Gasteiger charge is 2.20. The van der Waals surface area contributed by atoms with Gasteiger partial charge >= 0.3 is 0 Å². The molecule has 2 aromatic heterocycles. The first kappa shape index (κ1) is 13.6. The third-order valence-corrected chi connectivity index (χ3v) is 4.64. The number of aliphatic hydroxyl groups excluding tert-OH is 1. The monoisotopic (exact) mass is 272 g/mol. The van der Waals surface area contributed by atoms with Crippen molar-refractivity contribution >= 4 is 5.52 Å². The Hall–Kier alpha value is -1.35. The van der Waals surface area contributed by atoms with Crippen LogP contribution >= 0.6 is 0 Å². The minimum Gasteiger partial charge on any atom is -0.387 e. The SMILES string of the molecule is CCc1cc(C(O)CC2CCCCC2)n2cncc2c1. The zero-order chi connectivity index (χ0) is 13.9. The van der Waals surface area contributed by atoms with E-state index in [1.807, 2.05) is 16.9 Å². The summed E-state index contributed by atoms with van der Waals surface area (Å²) in [5, 5.41) is 10.7. The minimum atomic E-state index is -0.374. The highest BCUT2D eigenvalue weighted by molar-refractivity contribution is 5.49. The Labute approximate surface area is 120 Å². The summed E-state index contributed by atoms with van der Waals surface area (Å²) in [6, 6.07) is 4.30. The fraction of sp³-hybridized carbons (Fsp3) is 0.588. The lowest BCUT2D eigenvalue weighted by Gasteiger charge is -2.24. The molecule has 0 aromatic carbocycles. The molecule has 1 aliphatic rings. The van der Waals surface area contributed by atoms with Crippen LogP contribution in [0.5, 0.6) is 0 Å². The van der Waals surface area contributed by atoms with Crippen LogP contribution in [0.25, 0.3) is 5.52 Å². The van der Waals surface area contributed by atoms with Gasteiger partial charge in [0.2, 0.25) is 0 Å². The predicted octanol–water partition coefficient (Wildman–Crippen LogP) is 3.90. The summed E-state index contributed by atoms with van der Waals surface area (Å²) >= 11 is 0. The molecule has 2 aromatic rings. The molecule has 0 bridgehead atoms. The molecule has 0 spiro atoms. The van der Waals surface area contributed by atoms with Crippen molar-refractivity contribution < 1.29 is 5.11 Å². The topological polar surface area (TPSA) is 37.5 Å². The number of aryl methyl sites for hydroxylation is 1. The number of nitrogens with zero attached hydrogens (tertiary/aromatic N) is 2. The molecular weight excluding hydrogens is 248 g/mol. The number of pyridine rings is 1. The summed E-state index contributed by atoms with van der Waals surface area (Å²) in [5.74, 6) is 0.683. The van der Waals surface area contributed by atoms with E-state index in [-0.39, 0.29) is 6.10 Å². The molecule has 0 amide bonds. The van der Waals surface area contributed by atoms with Crippen LogP contribution in [0.1, 0.15) is 62.8 Å². The lowest BCUT2D eigenvalue weighted by atomic mass is 9.84. The maximum atomic E-state index is 10.7. The first-order valence-electron chi connectivity index (χ1n) is 7.91. The van der Waals surface area contributed by atoms with Gasteiger partial charge in [0.15, 0.2) is 0 Å². The number of hydrogen-bond donors (Lipinski definition) is 1. The van der Waals surface area contributed by atoms with E-state index in [0.717, 1.165) is 24.1 Å². The van der Waals surface area contributed by atoms with Gasteiger partial charge in [-0.05, 0) is 36.5 Å². The third-order valence-electron chi connectivity index (χ3n) is 4.64. The number of aliphatic hydroxyl groups is 1. The fourth-order valence-electron chi connectivity index (χ4n) is 3.44. The van der Waals surface area contributed by atoms with Crippen molar-refractivity contribution in [2.45, 2.75) is 58.0 Å². The highest BCUT2D eigenvalue weighted by Crippen LogP contribution is 2.32. The molecule has 0 radical (unpaired) electrons. The Morgan fingerprint density at radius 3 is 2.85 bits per heavy atom. The van der Waals surface area contributed by atoms with Gasteiger partial charge < -0.3 is 9.51 Å². The van der Waals surface area contributed by atoms with Crippen molar-refractivity contribution in [3.8, 4) is 0 Å². The molecule has 1 saturated carbocycles. The molecule has 0 saturated heterocycles. The molecule has 1 aliphatic carbocycles. The van der Waals surface area contributed by atoms with Gasteiger partial charge in [0.1, 0.15) is 0 Å². The van der Waals surface area contributed by atoms with Gasteiger partial charge in [-0.15, -0.1) is 0 Å². The summed E-state index contributed by atoms with van der Waals surface area (Å²) in [4.78, 5) is 4.22. The smallest absolute Gasteiger partial charge is 0.0995 e. The first-order chi connectivity index (χ1) is 9.78. The summed E-state index contributed by atoms with van der Waals surface area (Å²) in [6.07, 6.45) is 11.8. The van der Waals surface area contributed by atoms with Crippen LogP contribution in [0, 0.1) is 5.92 Å². The summed E-state index contributed by atoms with van der Waals surface area (Å²) in [5.41, 5.74) is 3.36. The van der Waals surface area contributed by atoms with Gasteiger partial charge in [0.05, 0.1) is 29.8 Å². The van der Waals surface area contributed by atoms with Crippen molar-refractivity contribution in [1.29, 1.82) is 0 Å². The first-order valence-corrected chi connectivity index (χ1v) is 7.91. The van der Waals surface area contributed by atoms with Gasteiger partial charge in [-0.1, -0.05) is 39.0 Å². The molecule has 108 valence electrons. The average Bonchev–Trinajstić information content (AvgIpc) is 2.95. The molecule has 20 heavy (non-hydrogen) atoms. The van der Waals surface area contributed by atoms with Crippen molar-refractivity contribution in [2.75, 3.05) is 0 Å². The Morgan fingerprint density at radius 1 is 1.30 bits per heavy atom. The van der Waals surface area contributed by atoms with Crippen LogP contribution in [0.4, 0.5) is 0 Å². The van der Waals surface area contributed by atoms with Crippen LogP contribution in [0.2, 0.25) is 0 Å². The highest BCUT2D eigenvalue weighted by atomic mass is 16.3. The second-order valence-corrected chi connectivity index (χ2v) is 6.09. The Balaban J connectivity index is 1.85. The summed E-state index contributed by atoms with van der Waals surface area (Å²) < 4.78 is 2.03. The van der Waals surface area contributed by atoms with Gasteiger partial charge in [-0.25, -0.2) is 4.98 Å². The number of imidazole rings is 1. The lowest BCUT2D eigenvalue weighted by Crippen LogP contribution is -2.13. The fourth-order valence-corrected chi connectivity index (χ4v) is 3.44. The zero-order valence-electron chi connectivity index (χ0n) is 12.3. The minimum absolute atomic E-state index is 0.374. The van der Waals surface area contributed by atoms with Crippen LogP contribution in [-0.4, -0.2) is 14.5 Å². The Kier molecular flexibility index (Phi) is 4.06. The molecule has 3 rings (SSSR count). The Morgan fingerprint density at radius 2 is 2.10 bits per heavy atom. The summed E-state index contributed by atoms with van der Waals surface area (Å²) in [7, 11) is 0. The van der Waals surface area contributed by atoms with E-state index in [4.69, 9.17) is 0 Å². The zero-order valence-corrected chi connectivity index (χ0v) is 12.3. The van der Waals surface area contributed by atoms with E-state index < -0.39 is 0 Å². The normalized spacial score (nSPS) is 18.5. The van der Waals surface area contributed by atoms with E-state index in [1.165, 1.54) is 37.7 Å². The molecule has 1 unspecified atom stereocenters. The quantitative estimate of drug-likeness (QED) is 0.916. The van der Waals surface area contributed by atoms with Crippen molar-refractivity contribution in [1.82, 2.24) is 9.38 Å². The van der Waals surface area contributed by atoms with Crippen LogP contribution in [0.15, 0.2) is 24.7 Å². The maximum Gasteiger partial charge on any atom is 0.0995 e. The molecule has 3 nitrogen and oxygen atoms in total. The maximum absolute atomic E-state index is 10.7. The van der Waals surface area contributed by atoms with E-state index in [9.17, 15) is 5.11 Å². The van der Waals surface area contributed by atoms with E-state index in [0.29, 0.717) is 5.92 Å². The van der Waals surface area contributed by atoms with Crippen molar-refractivity contribution in [2.24, 2.45) is 5.92 Å². The largest absolute Gasteiger partial charge is 0.387 e. The second-order valence-electron chi connectivity index (χ2n) is 6.09. The van der Waals surface area contributed by atoms with Gasteiger partial charge in [-0.3, -0.25) is 0 Å². The average molecular weight is 272 g/mol. The predicted molar refractivity (Wildman–Crippen MR) is 80.7 cm³/mol. The number of hydrogen-bond acceptors (Lipinski definition) is 2. The number of fused-ring (bicyclic) bond motifs is 1. The molecular formula is C17H24N2O. The molecule has 1 fully saturated rings. The van der Waals surface area contributed by atoms with Crippen LogP contribution in [-0.2, 0) is 6.42 Å². The third kappa shape index (κ3) is 2.73. The van der Waals surface area contributed by atoms with Crippen LogP contribution in [0.3, 0.4) is 0 Å². The number of aromatic nitrogens is 2. The van der Waals surface area contributed by atoms with E-state index >= 15 is 0 Å². The van der Waals surface area contributed by atoms with Crippen molar-refractivity contribution in [3.05, 3.63) is 35.9 Å². The van der Waals surface area contributed by atoms with Crippen molar-refractivity contribution in [3.63, 3.8) is 0 Å². The Bertz CT molecular complexity index is 569. The molecule has 0 aliphatic heterocycles. The summed E-state index contributed by atoms with van der Waals surface area (Å²) in [6.45, 7) is 2.15. The second kappa shape index (κ2) is 5.96. The van der Waals surface area contributed by atoms with E-state index in [1.54, 1.807) is 0 Å². The number of rotatable bonds is 4. The lowest BCUT2D eigenvalue weighted by molar-refractivity contribution is 0.126. The van der Waals surface area contributed by atoms with E-state index in [2.05, 4.69) is 24.0 Å². The molecule has 1 atom stereocenters.